The molecule has 0 spiro atoms. The Morgan fingerprint density at radius 2 is 1.94 bits per heavy atom. The zero-order valence-electron chi connectivity index (χ0n) is 11.9. The molecule has 0 bridgehead atoms. The fraction of sp³-hybridized carbons (Fsp3) is 0.600. The van der Waals surface area contributed by atoms with Crippen LogP contribution in [0.2, 0.25) is 0 Å². The highest BCUT2D eigenvalue weighted by molar-refractivity contribution is 5.24. The molecular formula is C15H25FN2. The van der Waals surface area contributed by atoms with Crippen LogP contribution in [0.5, 0.6) is 0 Å². The van der Waals surface area contributed by atoms with Gasteiger partial charge in [-0.1, -0.05) is 26.0 Å². The molecule has 0 saturated carbocycles. The van der Waals surface area contributed by atoms with Crippen LogP contribution < -0.4 is 5.73 Å². The fourth-order valence-corrected chi connectivity index (χ4v) is 2.13. The summed E-state index contributed by atoms with van der Waals surface area (Å²) in [6.45, 7) is 7.63. The van der Waals surface area contributed by atoms with E-state index in [4.69, 9.17) is 5.73 Å². The molecule has 2 N–H and O–H groups in total. The van der Waals surface area contributed by atoms with Gasteiger partial charge in [0.05, 0.1) is 0 Å². The number of rotatable bonds is 6. The lowest BCUT2D eigenvalue weighted by Gasteiger charge is -2.26. The minimum atomic E-state index is -0.151. The molecule has 0 aliphatic carbocycles. The molecule has 18 heavy (non-hydrogen) atoms. The third-order valence-electron chi connectivity index (χ3n) is 3.34. The molecule has 0 heterocycles. The van der Waals surface area contributed by atoms with Gasteiger partial charge in [-0.3, -0.25) is 4.90 Å². The van der Waals surface area contributed by atoms with Gasteiger partial charge in [0.15, 0.2) is 0 Å². The lowest BCUT2D eigenvalue weighted by atomic mass is 10.0. The Bertz CT molecular complexity index is 377. The van der Waals surface area contributed by atoms with Crippen LogP contribution in [0.25, 0.3) is 0 Å². The second-order valence-electron chi connectivity index (χ2n) is 5.52. The molecule has 3 heteroatoms. The van der Waals surface area contributed by atoms with Crippen molar-refractivity contribution >= 4 is 0 Å². The highest BCUT2D eigenvalue weighted by atomic mass is 19.1. The summed E-state index contributed by atoms with van der Waals surface area (Å²) in [5.41, 5.74) is 7.08. The Labute approximate surface area is 110 Å². The average molecular weight is 252 g/mol. The zero-order valence-corrected chi connectivity index (χ0v) is 11.9. The van der Waals surface area contributed by atoms with Crippen molar-refractivity contribution in [3.63, 3.8) is 0 Å². The number of hydrogen-bond acceptors (Lipinski definition) is 2. The molecule has 1 aromatic rings. The monoisotopic (exact) mass is 252 g/mol. The number of benzene rings is 1. The summed E-state index contributed by atoms with van der Waals surface area (Å²) < 4.78 is 13.8. The second-order valence-corrected chi connectivity index (χ2v) is 5.52. The topological polar surface area (TPSA) is 29.3 Å². The van der Waals surface area contributed by atoms with Crippen LogP contribution in [-0.2, 0) is 13.1 Å². The minimum Gasteiger partial charge on any atom is -0.326 e. The van der Waals surface area contributed by atoms with E-state index in [-0.39, 0.29) is 5.82 Å². The Kier molecular flexibility index (Phi) is 5.76. The third-order valence-corrected chi connectivity index (χ3v) is 3.34. The smallest absolute Gasteiger partial charge is 0.128 e. The average Bonchev–Trinajstić information content (AvgIpc) is 2.30. The quantitative estimate of drug-likeness (QED) is 0.842. The van der Waals surface area contributed by atoms with Crippen molar-refractivity contribution in [1.29, 1.82) is 0 Å². The zero-order chi connectivity index (χ0) is 13.7. The van der Waals surface area contributed by atoms with Crippen LogP contribution in [0, 0.1) is 11.7 Å². The van der Waals surface area contributed by atoms with Crippen molar-refractivity contribution in [3.05, 3.63) is 35.1 Å². The largest absolute Gasteiger partial charge is 0.326 e. The van der Waals surface area contributed by atoms with Crippen LogP contribution in [0.15, 0.2) is 18.2 Å². The molecule has 0 fully saturated rings. The van der Waals surface area contributed by atoms with E-state index in [0.717, 1.165) is 17.5 Å². The summed E-state index contributed by atoms with van der Waals surface area (Å²) in [4.78, 5) is 2.19. The van der Waals surface area contributed by atoms with Gasteiger partial charge in [0.25, 0.3) is 0 Å². The molecule has 0 aromatic heterocycles. The highest BCUT2D eigenvalue weighted by Gasteiger charge is 2.13. The van der Waals surface area contributed by atoms with E-state index < -0.39 is 0 Å². The summed E-state index contributed by atoms with van der Waals surface area (Å²) in [6, 6.07) is 5.74. The van der Waals surface area contributed by atoms with Crippen molar-refractivity contribution in [2.24, 2.45) is 11.7 Å². The van der Waals surface area contributed by atoms with Crippen molar-refractivity contribution in [1.82, 2.24) is 4.90 Å². The van der Waals surface area contributed by atoms with Gasteiger partial charge in [-0.15, -0.1) is 0 Å². The van der Waals surface area contributed by atoms with E-state index >= 15 is 0 Å². The first-order chi connectivity index (χ1) is 8.43. The van der Waals surface area contributed by atoms with E-state index in [0.29, 0.717) is 25.0 Å². The van der Waals surface area contributed by atoms with Crippen LogP contribution in [0.1, 0.15) is 38.3 Å². The predicted octanol–water partition coefficient (Wildman–Crippen LogP) is 3.15. The number of hydrogen-bond donors (Lipinski definition) is 1. The standard InChI is InChI=1S/C15H25FN2/c1-11(2)7-12(3)18(4)10-14-6-5-13(9-17)8-15(14)16/h5-6,8,11-12H,7,9-10,17H2,1-4H3. The first-order valence-electron chi connectivity index (χ1n) is 6.61. The minimum absolute atomic E-state index is 0.151. The fourth-order valence-electron chi connectivity index (χ4n) is 2.13. The first kappa shape index (κ1) is 15.1. The van der Waals surface area contributed by atoms with Crippen LogP contribution in [0.4, 0.5) is 4.39 Å². The molecule has 1 rings (SSSR count). The van der Waals surface area contributed by atoms with Gasteiger partial charge >= 0.3 is 0 Å². The number of nitrogens with two attached hydrogens (primary N) is 1. The molecule has 0 aliphatic rings. The maximum atomic E-state index is 13.8. The summed E-state index contributed by atoms with van der Waals surface area (Å²) in [5, 5.41) is 0. The second kappa shape index (κ2) is 6.86. The molecule has 0 aliphatic heterocycles. The van der Waals surface area contributed by atoms with E-state index in [1.165, 1.54) is 6.07 Å². The summed E-state index contributed by atoms with van der Waals surface area (Å²) in [7, 11) is 2.04. The SMILES string of the molecule is CC(C)CC(C)N(C)Cc1ccc(CN)cc1F. The molecule has 0 saturated heterocycles. The number of halogens is 1. The van der Waals surface area contributed by atoms with Gasteiger partial charge in [0.2, 0.25) is 0 Å². The first-order valence-corrected chi connectivity index (χ1v) is 6.61. The molecular weight excluding hydrogens is 227 g/mol. The van der Waals surface area contributed by atoms with Crippen molar-refractivity contribution in [2.75, 3.05) is 7.05 Å². The molecule has 1 atom stereocenters. The van der Waals surface area contributed by atoms with E-state index in [1.807, 2.05) is 19.2 Å². The predicted molar refractivity (Wildman–Crippen MR) is 74.7 cm³/mol. The van der Waals surface area contributed by atoms with E-state index in [1.54, 1.807) is 0 Å². The van der Waals surface area contributed by atoms with Crippen molar-refractivity contribution in [3.8, 4) is 0 Å². The van der Waals surface area contributed by atoms with Gasteiger partial charge in [0.1, 0.15) is 5.82 Å². The Hall–Kier alpha value is -0.930. The highest BCUT2D eigenvalue weighted by Crippen LogP contribution is 2.16. The van der Waals surface area contributed by atoms with Gasteiger partial charge in [-0.2, -0.15) is 0 Å². The van der Waals surface area contributed by atoms with Crippen molar-refractivity contribution in [2.45, 2.75) is 46.3 Å². The Morgan fingerprint density at radius 3 is 2.44 bits per heavy atom. The van der Waals surface area contributed by atoms with Crippen LogP contribution in [0.3, 0.4) is 0 Å². The molecule has 2 nitrogen and oxygen atoms in total. The van der Waals surface area contributed by atoms with Crippen molar-refractivity contribution < 1.29 is 4.39 Å². The Morgan fingerprint density at radius 1 is 1.28 bits per heavy atom. The van der Waals surface area contributed by atoms with Gasteiger partial charge in [-0.05, 0) is 37.9 Å². The van der Waals surface area contributed by atoms with E-state index in [2.05, 4.69) is 25.7 Å². The molecule has 0 amide bonds. The lowest BCUT2D eigenvalue weighted by molar-refractivity contribution is 0.218. The van der Waals surface area contributed by atoms with E-state index in [9.17, 15) is 4.39 Å². The molecule has 1 unspecified atom stereocenters. The van der Waals surface area contributed by atoms with Crippen LogP contribution >= 0.6 is 0 Å². The molecule has 102 valence electrons. The maximum Gasteiger partial charge on any atom is 0.128 e. The third kappa shape index (κ3) is 4.39. The maximum absolute atomic E-state index is 13.8. The molecule has 1 aromatic carbocycles. The van der Waals surface area contributed by atoms with Gasteiger partial charge in [0, 0.05) is 24.7 Å². The lowest BCUT2D eigenvalue weighted by Crippen LogP contribution is -2.30. The van der Waals surface area contributed by atoms with Crippen LogP contribution in [-0.4, -0.2) is 18.0 Å². The summed E-state index contributed by atoms with van der Waals surface area (Å²) in [6.07, 6.45) is 1.12. The van der Waals surface area contributed by atoms with Gasteiger partial charge in [-0.25, -0.2) is 4.39 Å². The summed E-state index contributed by atoms with van der Waals surface area (Å²) >= 11 is 0. The number of nitrogens with zero attached hydrogens (tertiary/aromatic N) is 1. The van der Waals surface area contributed by atoms with Gasteiger partial charge < -0.3 is 5.73 Å². The Balaban J connectivity index is 2.66. The summed E-state index contributed by atoms with van der Waals surface area (Å²) in [5.74, 6) is 0.508. The molecule has 0 radical (unpaired) electrons. The normalized spacial score (nSPS) is 13.3.